The Hall–Kier alpha value is -4.71. The predicted octanol–water partition coefficient (Wildman–Crippen LogP) is 5.95. The van der Waals surface area contributed by atoms with Gasteiger partial charge in [-0.1, -0.05) is 37.3 Å². The molecule has 4 heterocycles. The molecule has 1 aromatic carbocycles. The van der Waals surface area contributed by atoms with E-state index in [9.17, 15) is 19.5 Å². The van der Waals surface area contributed by atoms with E-state index in [1.807, 2.05) is 36.6 Å². The molecular weight excluding hydrogens is 596 g/mol. The van der Waals surface area contributed by atoms with Crippen molar-refractivity contribution in [2.75, 3.05) is 25.2 Å². The fraction of sp³-hybridized carbons (Fsp3) is 0.364. The molecule has 236 valence electrons. The van der Waals surface area contributed by atoms with Gasteiger partial charge in [-0.2, -0.15) is 0 Å². The largest absolute Gasteiger partial charge is 0.505 e. The van der Waals surface area contributed by atoms with E-state index in [1.165, 1.54) is 12.0 Å². The van der Waals surface area contributed by atoms with E-state index in [-0.39, 0.29) is 21.3 Å². The van der Waals surface area contributed by atoms with Gasteiger partial charge >= 0.3 is 11.9 Å². The molecule has 1 amide bonds. The minimum absolute atomic E-state index is 0.108. The van der Waals surface area contributed by atoms with Crippen LogP contribution in [0.15, 0.2) is 42.1 Å². The molecule has 11 nitrogen and oxygen atoms in total. The summed E-state index contributed by atoms with van der Waals surface area (Å²) in [5.41, 5.74) is 2.92. The second-order valence-corrected chi connectivity index (χ2v) is 12.1. The van der Waals surface area contributed by atoms with Crippen molar-refractivity contribution in [2.24, 2.45) is 5.92 Å². The van der Waals surface area contributed by atoms with E-state index in [2.05, 4.69) is 23.8 Å². The van der Waals surface area contributed by atoms with Gasteiger partial charge in [0.1, 0.15) is 16.2 Å². The highest BCUT2D eigenvalue weighted by Gasteiger charge is 2.49. The molecule has 1 fully saturated rings. The Balaban J connectivity index is 1.72. The molecule has 45 heavy (non-hydrogen) atoms. The number of amides is 1. The van der Waals surface area contributed by atoms with E-state index in [1.54, 1.807) is 32.0 Å². The summed E-state index contributed by atoms with van der Waals surface area (Å²) in [5.74, 6) is -1.45. The molecule has 1 saturated heterocycles. The zero-order chi connectivity index (χ0) is 32.6. The van der Waals surface area contributed by atoms with Gasteiger partial charge in [0.05, 0.1) is 43.3 Å². The number of imidazole rings is 1. The van der Waals surface area contributed by atoms with Gasteiger partial charge < -0.3 is 23.7 Å². The number of carbonyl (C=O) groups is 3. The first-order chi connectivity index (χ1) is 21.5. The Labute approximate surface area is 265 Å². The highest BCUT2D eigenvalue weighted by molar-refractivity contribution is 7.17. The number of benzene rings is 1. The van der Waals surface area contributed by atoms with Crippen LogP contribution in [0.3, 0.4) is 0 Å². The molecule has 12 heteroatoms. The quantitative estimate of drug-likeness (QED) is 0.0974. The van der Waals surface area contributed by atoms with Gasteiger partial charge in [0.15, 0.2) is 22.4 Å². The lowest BCUT2D eigenvalue weighted by Crippen LogP contribution is -2.29. The van der Waals surface area contributed by atoms with Crippen LogP contribution in [0.25, 0.3) is 11.4 Å². The minimum Gasteiger partial charge on any atom is -0.505 e. The summed E-state index contributed by atoms with van der Waals surface area (Å²) >= 11 is 0.931. The van der Waals surface area contributed by atoms with Gasteiger partial charge in [0.25, 0.3) is 5.78 Å². The number of aromatic nitrogens is 3. The summed E-state index contributed by atoms with van der Waals surface area (Å²) < 4.78 is 18.7. The molecule has 3 aromatic heterocycles. The van der Waals surface area contributed by atoms with Gasteiger partial charge in [0.2, 0.25) is 0 Å². The summed E-state index contributed by atoms with van der Waals surface area (Å²) in [6.45, 7) is 12.2. The maximum Gasteiger partial charge on any atom is 0.350 e. The number of ether oxygens (including phenoxy) is 3. The topological polar surface area (TPSA) is 133 Å². The summed E-state index contributed by atoms with van der Waals surface area (Å²) in [6.07, 6.45) is 2.66. The molecular formula is C33H36N4O7S. The van der Waals surface area contributed by atoms with Gasteiger partial charge in [0, 0.05) is 6.20 Å². The first kappa shape index (κ1) is 31.7. The van der Waals surface area contributed by atoms with Crippen molar-refractivity contribution >= 4 is 45.5 Å². The van der Waals surface area contributed by atoms with Crippen molar-refractivity contribution in [2.45, 2.75) is 54.0 Å². The van der Waals surface area contributed by atoms with Gasteiger partial charge in [-0.25, -0.2) is 14.8 Å². The lowest BCUT2D eigenvalue weighted by Gasteiger charge is -2.24. The molecule has 1 unspecified atom stereocenters. The molecule has 1 N–H and O–H groups in total. The molecule has 4 aromatic rings. The number of carbonyl (C=O) groups excluding carboxylic acids is 3. The van der Waals surface area contributed by atoms with Crippen molar-refractivity contribution in [3.05, 3.63) is 75.2 Å². The van der Waals surface area contributed by atoms with E-state index in [0.717, 1.165) is 23.3 Å². The third-order valence-electron chi connectivity index (χ3n) is 7.65. The second-order valence-electron chi connectivity index (χ2n) is 11.2. The first-order valence-electron chi connectivity index (χ1n) is 14.7. The minimum atomic E-state index is -1.12. The maximum atomic E-state index is 13.8. The predicted molar refractivity (Wildman–Crippen MR) is 170 cm³/mol. The number of Topliss-reactive ketones (excluding diaryl/α,β-unsaturated/α-hetero) is 1. The van der Waals surface area contributed by atoms with Crippen molar-refractivity contribution in [3.8, 4) is 11.5 Å². The normalized spacial score (nSPS) is 16.2. The molecule has 0 radical (unpaired) electrons. The lowest BCUT2D eigenvalue weighted by molar-refractivity contribution is -0.132. The van der Waals surface area contributed by atoms with Crippen molar-refractivity contribution < 1.29 is 33.7 Å². The van der Waals surface area contributed by atoms with Crippen LogP contribution in [0, 0.1) is 26.7 Å². The van der Waals surface area contributed by atoms with Crippen LogP contribution in [-0.2, 0) is 14.3 Å². The molecule has 0 bridgehead atoms. The average Bonchev–Trinajstić information content (AvgIpc) is 3.64. The van der Waals surface area contributed by atoms with Crippen LogP contribution in [0.5, 0.6) is 11.5 Å². The number of esters is 1. The number of aliphatic hydroxyl groups excluding tert-OH is 1. The number of anilines is 1. The molecule has 0 spiro atoms. The third kappa shape index (κ3) is 5.77. The molecule has 5 rings (SSSR count). The number of pyridine rings is 1. The standard InChI is InChI=1S/C33H36N4O7S/c1-8-43-23-16-21(11-12-22(23)44-15-13-17(2)3)26-24(27(38)25-20(6)36-14-9-10-18(4)30(36)35-25)28(39)31(40)37(26)33-34-19(5)29(45-33)32(41)42-7/h9-12,14,16-17,26,38H,8,13,15H2,1-7H3. The lowest BCUT2D eigenvalue weighted by atomic mass is 9.96. The zero-order valence-corrected chi connectivity index (χ0v) is 27.2. The number of methoxy groups -OCH3 is 1. The maximum absolute atomic E-state index is 13.8. The number of fused-ring (bicyclic) bond motifs is 1. The van der Waals surface area contributed by atoms with E-state index < -0.39 is 29.5 Å². The summed E-state index contributed by atoms with van der Waals surface area (Å²) in [4.78, 5) is 50.6. The van der Waals surface area contributed by atoms with Crippen LogP contribution < -0.4 is 14.4 Å². The average molecular weight is 633 g/mol. The van der Waals surface area contributed by atoms with E-state index in [0.29, 0.717) is 53.2 Å². The number of ketones is 1. The second kappa shape index (κ2) is 12.7. The van der Waals surface area contributed by atoms with Gasteiger partial charge in [-0.15, -0.1) is 0 Å². The van der Waals surface area contributed by atoms with E-state index in [4.69, 9.17) is 14.2 Å². The smallest absolute Gasteiger partial charge is 0.350 e. The van der Waals surface area contributed by atoms with Crippen molar-refractivity contribution in [1.29, 1.82) is 0 Å². The highest BCUT2D eigenvalue weighted by Crippen LogP contribution is 2.46. The van der Waals surface area contributed by atoms with E-state index >= 15 is 0 Å². The molecule has 1 aliphatic rings. The van der Waals surface area contributed by atoms with Gasteiger partial charge in [-0.05, 0) is 69.4 Å². The Bertz CT molecular complexity index is 1840. The van der Waals surface area contributed by atoms with Crippen molar-refractivity contribution in [1.82, 2.24) is 14.4 Å². The monoisotopic (exact) mass is 632 g/mol. The number of nitrogens with zero attached hydrogens (tertiary/aromatic N) is 4. The van der Waals surface area contributed by atoms with Crippen LogP contribution in [0.2, 0.25) is 0 Å². The number of aliphatic hydroxyl groups is 1. The molecule has 0 saturated carbocycles. The molecule has 0 aliphatic carbocycles. The third-order valence-corrected chi connectivity index (χ3v) is 8.79. The number of thiazole rings is 1. The Morgan fingerprint density at radius 2 is 1.84 bits per heavy atom. The van der Waals surface area contributed by atoms with Crippen LogP contribution in [0.1, 0.15) is 71.1 Å². The Morgan fingerprint density at radius 1 is 1.09 bits per heavy atom. The van der Waals surface area contributed by atoms with Crippen LogP contribution >= 0.6 is 11.3 Å². The number of rotatable bonds is 10. The number of hydrogen-bond acceptors (Lipinski definition) is 10. The summed E-state index contributed by atoms with van der Waals surface area (Å²) in [6, 6.07) is 7.81. The first-order valence-corrected chi connectivity index (χ1v) is 15.5. The van der Waals surface area contributed by atoms with Crippen LogP contribution in [-0.4, -0.2) is 57.5 Å². The summed E-state index contributed by atoms with van der Waals surface area (Å²) in [5, 5.41) is 11.9. The zero-order valence-electron chi connectivity index (χ0n) is 26.3. The Kier molecular flexibility index (Phi) is 8.96. The van der Waals surface area contributed by atoms with Crippen LogP contribution in [0.4, 0.5) is 5.13 Å². The fourth-order valence-corrected chi connectivity index (χ4v) is 6.29. The SMILES string of the molecule is CCOc1cc(C2C(=C(O)c3nc4c(C)cccn4c3C)C(=O)C(=O)N2c2nc(C)c(C(=O)OC)s2)ccc1OCCC(C)C. The summed E-state index contributed by atoms with van der Waals surface area (Å²) in [7, 11) is 1.26. The molecule has 1 atom stereocenters. The molecule has 1 aliphatic heterocycles. The van der Waals surface area contributed by atoms with Gasteiger partial charge in [-0.3, -0.25) is 14.5 Å². The number of aryl methyl sites for hydroxylation is 3. The van der Waals surface area contributed by atoms with Crippen molar-refractivity contribution in [3.63, 3.8) is 0 Å². The Morgan fingerprint density at radius 3 is 2.51 bits per heavy atom. The highest BCUT2D eigenvalue weighted by atomic mass is 32.1. The fourth-order valence-electron chi connectivity index (χ4n) is 5.27. The number of hydrogen-bond donors (Lipinski definition) is 1.